The molecule has 7 nitrogen and oxygen atoms in total. The first kappa shape index (κ1) is 14.2. The van der Waals surface area contributed by atoms with Crippen molar-refractivity contribution in [3.8, 4) is 5.75 Å². The highest BCUT2D eigenvalue weighted by molar-refractivity contribution is 5.93. The van der Waals surface area contributed by atoms with Gasteiger partial charge in [-0.3, -0.25) is 19.9 Å². The van der Waals surface area contributed by atoms with Crippen molar-refractivity contribution in [2.24, 2.45) is 10.7 Å². The van der Waals surface area contributed by atoms with Gasteiger partial charge in [-0.25, -0.2) is 0 Å². The topological polar surface area (TPSA) is 119 Å². The molecule has 0 radical (unpaired) electrons. The predicted molar refractivity (Wildman–Crippen MR) is 77.0 cm³/mol. The standard InChI is InChI=1S/C14H11N3O4/c15-14(19)9-1-3-11(4-2-9)16-8-10-7-12(17(20)21)5-6-13(10)18/h1-8,18H,(H2,15,19). The lowest BCUT2D eigenvalue weighted by Gasteiger charge is -1.99. The van der Waals surface area contributed by atoms with E-state index in [1.165, 1.54) is 36.5 Å². The monoisotopic (exact) mass is 285 g/mol. The molecule has 0 fully saturated rings. The number of carbonyl (C=O) groups is 1. The van der Waals surface area contributed by atoms with E-state index in [9.17, 15) is 20.0 Å². The molecule has 7 heteroatoms. The number of primary amides is 1. The number of rotatable bonds is 4. The Morgan fingerprint density at radius 1 is 1.24 bits per heavy atom. The van der Waals surface area contributed by atoms with Crippen molar-refractivity contribution >= 4 is 23.5 Å². The van der Waals surface area contributed by atoms with E-state index in [0.717, 1.165) is 0 Å². The van der Waals surface area contributed by atoms with Crippen molar-refractivity contribution in [1.29, 1.82) is 0 Å². The maximum atomic E-state index is 10.9. The second-order valence-electron chi connectivity index (χ2n) is 4.17. The van der Waals surface area contributed by atoms with Gasteiger partial charge in [0.1, 0.15) is 5.75 Å². The quantitative estimate of drug-likeness (QED) is 0.508. The van der Waals surface area contributed by atoms with Crippen LogP contribution in [-0.2, 0) is 0 Å². The summed E-state index contributed by atoms with van der Waals surface area (Å²) in [5.41, 5.74) is 6.08. The summed E-state index contributed by atoms with van der Waals surface area (Å²) < 4.78 is 0. The van der Waals surface area contributed by atoms with Crippen LogP contribution in [0.5, 0.6) is 5.75 Å². The Hall–Kier alpha value is -3.22. The van der Waals surface area contributed by atoms with Crippen molar-refractivity contribution < 1.29 is 14.8 Å². The first-order valence-electron chi connectivity index (χ1n) is 5.89. The molecule has 0 bridgehead atoms. The maximum absolute atomic E-state index is 10.9. The van der Waals surface area contributed by atoms with Gasteiger partial charge in [-0.2, -0.15) is 0 Å². The number of phenolic OH excluding ortho intramolecular Hbond substituents is 1. The van der Waals surface area contributed by atoms with Crippen LogP contribution in [-0.4, -0.2) is 22.2 Å². The molecule has 106 valence electrons. The molecule has 2 aromatic rings. The zero-order chi connectivity index (χ0) is 15.4. The summed E-state index contributed by atoms with van der Waals surface area (Å²) in [7, 11) is 0. The molecule has 0 aliphatic rings. The number of carbonyl (C=O) groups excluding carboxylic acids is 1. The van der Waals surface area contributed by atoms with Gasteiger partial charge < -0.3 is 10.8 Å². The predicted octanol–water partition coefficient (Wildman–Crippen LogP) is 2.15. The van der Waals surface area contributed by atoms with Crippen molar-refractivity contribution in [2.45, 2.75) is 0 Å². The number of nitro groups is 1. The third kappa shape index (κ3) is 3.41. The molecule has 3 N–H and O–H groups in total. The minimum absolute atomic E-state index is 0.113. The summed E-state index contributed by atoms with van der Waals surface area (Å²) in [5, 5.41) is 20.3. The Bertz CT molecular complexity index is 723. The van der Waals surface area contributed by atoms with Crippen LogP contribution in [0.3, 0.4) is 0 Å². The lowest BCUT2D eigenvalue weighted by molar-refractivity contribution is -0.384. The Labute approximate surface area is 119 Å². The summed E-state index contributed by atoms with van der Waals surface area (Å²) in [4.78, 5) is 25.1. The Kier molecular flexibility index (Phi) is 3.94. The molecule has 0 saturated carbocycles. The van der Waals surface area contributed by atoms with Gasteiger partial charge >= 0.3 is 0 Å². The van der Waals surface area contributed by atoms with Crippen molar-refractivity contribution in [3.05, 3.63) is 63.7 Å². The van der Waals surface area contributed by atoms with E-state index in [4.69, 9.17) is 5.73 Å². The van der Waals surface area contributed by atoms with Crippen LogP contribution in [0.15, 0.2) is 47.5 Å². The number of amides is 1. The second kappa shape index (κ2) is 5.83. The van der Waals surface area contributed by atoms with Crippen LogP contribution >= 0.6 is 0 Å². The largest absolute Gasteiger partial charge is 0.507 e. The molecule has 0 saturated heterocycles. The van der Waals surface area contributed by atoms with Gasteiger partial charge in [0, 0.05) is 29.5 Å². The average Bonchev–Trinajstić information content (AvgIpc) is 2.46. The molecule has 0 unspecified atom stereocenters. The first-order chi connectivity index (χ1) is 9.97. The average molecular weight is 285 g/mol. The fourth-order valence-electron chi connectivity index (χ4n) is 1.61. The number of aromatic hydroxyl groups is 1. The number of phenols is 1. The van der Waals surface area contributed by atoms with Crippen LogP contribution in [0.4, 0.5) is 11.4 Å². The van der Waals surface area contributed by atoms with E-state index in [2.05, 4.69) is 4.99 Å². The molecule has 0 aliphatic carbocycles. The SMILES string of the molecule is NC(=O)c1ccc(N=Cc2cc([N+](=O)[O-])ccc2O)cc1. The van der Waals surface area contributed by atoms with Crippen molar-refractivity contribution in [1.82, 2.24) is 0 Å². The van der Waals surface area contributed by atoms with Crippen LogP contribution in [0.1, 0.15) is 15.9 Å². The highest BCUT2D eigenvalue weighted by Crippen LogP contribution is 2.22. The summed E-state index contributed by atoms with van der Waals surface area (Å²) in [6.45, 7) is 0. The van der Waals surface area contributed by atoms with Crippen molar-refractivity contribution in [2.75, 3.05) is 0 Å². The van der Waals surface area contributed by atoms with Crippen LogP contribution < -0.4 is 5.73 Å². The molecule has 1 amide bonds. The fraction of sp³-hybridized carbons (Fsp3) is 0. The number of hydrogen-bond donors (Lipinski definition) is 2. The molecule has 2 aromatic carbocycles. The highest BCUT2D eigenvalue weighted by Gasteiger charge is 2.08. The lowest BCUT2D eigenvalue weighted by Crippen LogP contribution is -2.10. The van der Waals surface area contributed by atoms with Gasteiger partial charge in [0.05, 0.1) is 10.6 Å². The van der Waals surface area contributed by atoms with Gasteiger partial charge in [-0.05, 0) is 30.3 Å². The molecule has 21 heavy (non-hydrogen) atoms. The van der Waals surface area contributed by atoms with E-state index in [1.54, 1.807) is 12.1 Å². The third-order valence-electron chi connectivity index (χ3n) is 2.73. The number of benzene rings is 2. The number of nitro benzene ring substituents is 1. The number of aliphatic imine (C=N–C) groups is 1. The van der Waals surface area contributed by atoms with Crippen LogP contribution in [0.2, 0.25) is 0 Å². The van der Waals surface area contributed by atoms with Crippen molar-refractivity contribution in [3.63, 3.8) is 0 Å². The lowest BCUT2D eigenvalue weighted by atomic mass is 10.2. The Morgan fingerprint density at radius 2 is 1.90 bits per heavy atom. The first-order valence-corrected chi connectivity index (χ1v) is 5.89. The van der Waals surface area contributed by atoms with Gasteiger partial charge in [-0.15, -0.1) is 0 Å². The molecule has 2 rings (SSSR count). The summed E-state index contributed by atoms with van der Waals surface area (Å²) in [5.74, 6) is -0.653. The fourth-order valence-corrected chi connectivity index (χ4v) is 1.61. The van der Waals surface area contributed by atoms with E-state index in [1.807, 2.05) is 0 Å². The van der Waals surface area contributed by atoms with Gasteiger partial charge in [0.25, 0.3) is 5.69 Å². The van der Waals surface area contributed by atoms with E-state index in [0.29, 0.717) is 11.3 Å². The van der Waals surface area contributed by atoms with E-state index >= 15 is 0 Å². The number of nitrogens with zero attached hydrogens (tertiary/aromatic N) is 2. The molecule has 0 atom stereocenters. The zero-order valence-corrected chi connectivity index (χ0v) is 10.8. The minimum atomic E-state index is -0.557. The molecule has 0 aliphatic heterocycles. The molecular weight excluding hydrogens is 274 g/mol. The summed E-state index contributed by atoms with van der Waals surface area (Å²) in [6, 6.07) is 9.83. The Morgan fingerprint density at radius 3 is 2.48 bits per heavy atom. The summed E-state index contributed by atoms with van der Waals surface area (Å²) in [6.07, 6.45) is 1.31. The van der Waals surface area contributed by atoms with E-state index < -0.39 is 10.8 Å². The number of non-ortho nitro benzene ring substituents is 1. The van der Waals surface area contributed by atoms with E-state index in [-0.39, 0.29) is 17.0 Å². The van der Waals surface area contributed by atoms with Crippen LogP contribution in [0, 0.1) is 10.1 Å². The maximum Gasteiger partial charge on any atom is 0.270 e. The number of hydrogen-bond acceptors (Lipinski definition) is 5. The van der Waals surface area contributed by atoms with Gasteiger partial charge in [0.15, 0.2) is 0 Å². The molecular formula is C14H11N3O4. The highest BCUT2D eigenvalue weighted by atomic mass is 16.6. The normalized spacial score (nSPS) is 10.7. The molecule has 0 aromatic heterocycles. The molecule has 0 spiro atoms. The van der Waals surface area contributed by atoms with Crippen LogP contribution in [0.25, 0.3) is 0 Å². The smallest absolute Gasteiger partial charge is 0.270 e. The summed E-state index contributed by atoms with van der Waals surface area (Å²) >= 11 is 0. The zero-order valence-electron chi connectivity index (χ0n) is 10.8. The Balaban J connectivity index is 2.26. The third-order valence-corrected chi connectivity index (χ3v) is 2.73. The number of nitrogens with two attached hydrogens (primary N) is 1. The second-order valence-corrected chi connectivity index (χ2v) is 4.17. The minimum Gasteiger partial charge on any atom is -0.507 e. The molecule has 0 heterocycles. The van der Waals surface area contributed by atoms with Gasteiger partial charge in [-0.1, -0.05) is 0 Å². The van der Waals surface area contributed by atoms with Gasteiger partial charge in [0.2, 0.25) is 5.91 Å².